The molecule has 1 aliphatic rings. The highest BCUT2D eigenvalue weighted by molar-refractivity contribution is 8.18. The first kappa shape index (κ1) is 28.3. The van der Waals surface area contributed by atoms with Gasteiger partial charge in [-0.15, -0.1) is 5.10 Å². The Morgan fingerprint density at radius 2 is 1.79 bits per heavy atom. The molecule has 1 N–H and O–H groups in total. The zero-order chi connectivity index (χ0) is 29.1. The van der Waals surface area contributed by atoms with Crippen LogP contribution in [0.25, 0.3) is 12.2 Å². The van der Waals surface area contributed by atoms with Crippen LogP contribution in [-0.2, 0) is 16.1 Å². The van der Waals surface area contributed by atoms with Crippen molar-refractivity contribution >= 4 is 52.8 Å². The number of halogens is 1. The van der Waals surface area contributed by atoms with Gasteiger partial charge in [-0.25, -0.2) is 4.39 Å². The topological polar surface area (TPSA) is 96.5 Å². The first-order chi connectivity index (χ1) is 20.5. The lowest BCUT2D eigenvalue weighted by atomic mass is 10.2. The van der Waals surface area contributed by atoms with E-state index >= 15 is 0 Å². The van der Waals surface area contributed by atoms with Gasteiger partial charge >= 0.3 is 0 Å². The average Bonchev–Trinajstić information content (AvgIpc) is 3.62. The molecule has 1 saturated heterocycles. The van der Waals surface area contributed by atoms with Gasteiger partial charge < -0.3 is 14.5 Å². The lowest BCUT2D eigenvalue weighted by molar-refractivity contribution is -0.122. The molecule has 2 amide bonds. The number of nitrogens with one attached hydrogen (secondary N) is 1. The molecule has 0 spiro atoms. The summed E-state index contributed by atoms with van der Waals surface area (Å²) >= 11 is 1.18. The van der Waals surface area contributed by atoms with Crippen molar-refractivity contribution in [3.8, 4) is 5.75 Å². The van der Waals surface area contributed by atoms with Crippen molar-refractivity contribution in [1.29, 1.82) is 0 Å². The van der Waals surface area contributed by atoms with E-state index in [1.165, 1.54) is 40.9 Å². The number of ether oxygens (including phenoxy) is 1. The fourth-order valence-corrected chi connectivity index (χ4v) is 4.79. The zero-order valence-corrected chi connectivity index (χ0v) is 23.0. The number of thioether (sulfide) groups is 1. The summed E-state index contributed by atoms with van der Waals surface area (Å²) in [4.78, 5) is 27.7. The highest BCUT2D eigenvalue weighted by Crippen LogP contribution is 2.35. The smallest absolute Gasteiger partial charge is 0.267 e. The maximum atomic E-state index is 13.4. The van der Waals surface area contributed by atoms with Gasteiger partial charge in [0.1, 0.15) is 17.3 Å². The number of hydrogen-bond acceptors (Lipinski definition) is 7. The monoisotopic (exact) mass is 580 g/mol. The summed E-state index contributed by atoms with van der Waals surface area (Å²) in [6.07, 6.45) is 8.46. The maximum absolute atomic E-state index is 13.4. The number of benzene rings is 3. The van der Waals surface area contributed by atoms with E-state index in [9.17, 15) is 14.0 Å². The van der Waals surface area contributed by atoms with Crippen LogP contribution >= 0.6 is 11.8 Å². The largest absolute Gasteiger partial charge is 0.483 e. The number of carbonyl (C=O) groups excluding carboxylic acids is 2. The van der Waals surface area contributed by atoms with Gasteiger partial charge in [0.05, 0.1) is 17.7 Å². The highest BCUT2D eigenvalue weighted by atomic mass is 32.2. The minimum atomic E-state index is -0.409. The first-order valence-corrected chi connectivity index (χ1v) is 13.7. The Morgan fingerprint density at radius 1 is 1.00 bits per heavy atom. The minimum Gasteiger partial charge on any atom is -0.483 e. The molecular formula is C32H25FN4O4S. The Kier molecular flexibility index (Phi) is 9.38. The molecule has 0 unspecified atom stereocenters. The van der Waals surface area contributed by atoms with Gasteiger partial charge in [-0.2, -0.15) is 5.10 Å². The summed E-state index contributed by atoms with van der Waals surface area (Å²) in [6.45, 7) is -0.0900. The SMILES string of the molecule is O=C(COc1ccccc1/C=C1\S\C(=N/N=C/C=C/c2ccccc2)N(Cc2ccco2)C1=O)Nc1ccc(F)cc1. The molecule has 42 heavy (non-hydrogen) atoms. The first-order valence-electron chi connectivity index (χ1n) is 12.9. The predicted molar refractivity (Wildman–Crippen MR) is 163 cm³/mol. The van der Waals surface area contributed by atoms with Gasteiger partial charge in [0.15, 0.2) is 11.8 Å². The third-order valence-electron chi connectivity index (χ3n) is 5.86. The van der Waals surface area contributed by atoms with E-state index in [1.807, 2.05) is 36.4 Å². The van der Waals surface area contributed by atoms with Crippen LogP contribution in [0, 0.1) is 5.82 Å². The molecular weight excluding hydrogens is 555 g/mol. The molecule has 0 aliphatic carbocycles. The average molecular weight is 581 g/mol. The molecule has 0 bridgehead atoms. The Hall–Kier alpha value is -5.22. The van der Waals surface area contributed by atoms with Gasteiger partial charge in [0, 0.05) is 17.5 Å². The van der Waals surface area contributed by atoms with E-state index in [0.717, 1.165) is 5.56 Å². The van der Waals surface area contributed by atoms with Gasteiger partial charge in [-0.3, -0.25) is 14.5 Å². The lowest BCUT2D eigenvalue weighted by Crippen LogP contribution is -2.28. The van der Waals surface area contributed by atoms with Crippen molar-refractivity contribution in [3.05, 3.63) is 131 Å². The Balaban J connectivity index is 1.31. The quantitative estimate of drug-likeness (QED) is 0.129. The number of amides is 2. The van der Waals surface area contributed by atoms with E-state index in [0.29, 0.717) is 32.8 Å². The van der Waals surface area contributed by atoms with Crippen molar-refractivity contribution in [2.45, 2.75) is 6.54 Å². The predicted octanol–water partition coefficient (Wildman–Crippen LogP) is 6.61. The van der Waals surface area contributed by atoms with E-state index in [4.69, 9.17) is 9.15 Å². The third-order valence-corrected chi connectivity index (χ3v) is 6.86. The van der Waals surface area contributed by atoms with Crippen LogP contribution < -0.4 is 10.1 Å². The van der Waals surface area contributed by atoms with Crippen molar-refractivity contribution in [3.63, 3.8) is 0 Å². The molecule has 1 fully saturated rings. The molecule has 0 radical (unpaired) electrons. The van der Waals surface area contributed by atoms with Gasteiger partial charge in [-0.1, -0.05) is 54.6 Å². The number of para-hydroxylation sites is 1. The third kappa shape index (κ3) is 7.70. The molecule has 210 valence electrons. The van der Waals surface area contributed by atoms with E-state index in [1.54, 1.807) is 61.0 Å². The molecule has 10 heteroatoms. The number of allylic oxidation sites excluding steroid dienone is 1. The van der Waals surface area contributed by atoms with Gasteiger partial charge in [0.2, 0.25) is 0 Å². The summed E-state index contributed by atoms with van der Waals surface area (Å²) in [7, 11) is 0. The lowest BCUT2D eigenvalue weighted by Gasteiger charge is -2.12. The van der Waals surface area contributed by atoms with Crippen molar-refractivity contribution in [2.24, 2.45) is 10.2 Å². The molecule has 1 aromatic heterocycles. The van der Waals surface area contributed by atoms with Crippen molar-refractivity contribution in [1.82, 2.24) is 4.90 Å². The van der Waals surface area contributed by atoms with Crippen LogP contribution in [0.2, 0.25) is 0 Å². The fraction of sp³-hybridized carbons (Fsp3) is 0.0625. The maximum Gasteiger partial charge on any atom is 0.267 e. The second-order valence-corrected chi connectivity index (χ2v) is 9.89. The second-order valence-electron chi connectivity index (χ2n) is 8.88. The highest BCUT2D eigenvalue weighted by Gasteiger charge is 2.34. The van der Waals surface area contributed by atoms with Gasteiger partial charge in [-0.05, 0) is 71.9 Å². The molecule has 2 heterocycles. The van der Waals surface area contributed by atoms with E-state index in [-0.39, 0.29) is 19.1 Å². The summed E-state index contributed by atoms with van der Waals surface area (Å²) in [5, 5.41) is 11.5. The van der Waals surface area contributed by atoms with Crippen molar-refractivity contribution < 1.29 is 23.1 Å². The molecule has 1 aliphatic heterocycles. The summed E-state index contributed by atoms with van der Waals surface area (Å²) < 4.78 is 24.4. The Morgan fingerprint density at radius 3 is 2.57 bits per heavy atom. The van der Waals surface area contributed by atoms with Gasteiger partial charge in [0.25, 0.3) is 11.8 Å². The molecule has 0 saturated carbocycles. The van der Waals surface area contributed by atoms with Crippen LogP contribution in [-0.4, -0.2) is 34.7 Å². The molecule has 0 atom stereocenters. The van der Waals surface area contributed by atoms with Crippen molar-refractivity contribution in [2.75, 3.05) is 11.9 Å². The number of nitrogens with zero attached hydrogens (tertiary/aromatic N) is 3. The fourth-order valence-electron chi connectivity index (χ4n) is 3.87. The summed E-state index contributed by atoms with van der Waals surface area (Å²) in [5.74, 6) is -0.0581. The minimum absolute atomic E-state index is 0.187. The number of furan rings is 1. The number of amidine groups is 1. The number of hydrogen-bond donors (Lipinski definition) is 1. The Bertz CT molecular complexity index is 1650. The number of carbonyl (C=O) groups is 2. The molecule has 3 aromatic carbocycles. The second kappa shape index (κ2) is 13.9. The van der Waals surface area contributed by atoms with Crippen LogP contribution in [0.1, 0.15) is 16.9 Å². The summed E-state index contributed by atoms with van der Waals surface area (Å²) in [6, 6.07) is 25.8. The summed E-state index contributed by atoms with van der Waals surface area (Å²) in [5.41, 5.74) is 2.09. The number of anilines is 1. The molecule has 4 aromatic rings. The Labute approximate surface area is 245 Å². The van der Waals surface area contributed by atoms with Crippen LogP contribution in [0.4, 0.5) is 10.1 Å². The van der Waals surface area contributed by atoms with Crippen LogP contribution in [0.15, 0.2) is 123 Å². The number of rotatable bonds is 10. The standard InChI is InChI=1S/C32H25FN4O4S/c33-25-14-16-26(17-15-25)35-30(38)22-41-28-13-5-4-11-24(28)20-29-31(39)37(21-27-12-7-19-40-27)32(42-29)36-34-18-6-10-23-8-2-1-3-9-23/h1-20H,21-22H2,(H,35,38)/b10-6+,29-20-,34-18+,36-32-. The zero-order valence-electron chi connectivity index (χ0n) is 22.2. The van der Waals surface area contributed by atoms with E-state index < -0.39 is 11.7 Å². The van der Waals surface area contributed by atoms with Crippen LogP contribution in [0.3, 0.4) is 0 Å². The normalized spacial score (nSPS) is 15.4. The van der Waals surface area contributed by atoms with E-state index in [2.05, 4.69) is 15.5 Å². The molecule has 8 nitrogen and oxygen atoms in total. The van der Waals surface area contributed by atoms with Crippen LogP contribution in [0.5, 0.6) is 5.75 Å². The molecule has 5 rings (SSSR count).